The first-order valence-corrected chi connectivity index (χ1v) is 6.67. The zero-order valence-corrected chi connectivity index (χ0v) is 12.0. The van der Waals surface area contributed by atoms with Crippen molar-refractivity contribution in [3.8, 4) is 0 Å². The topological polar surface area (TPSA) is 64.3 Å². The smallest absolute Gasteiger partial charge is 0.225 e. The molecule has 0 spiro atoms. The van der Waals surface area contributed by atoms with Crippen LogP contribution in [-0.2, 0) is 16.0 Å². The van der Waals surface area contributed by atoms with Crippen LogP contribution in [-0.4, -0.2) is 25.7 Å². The van der Waals surface area contributed by atoms with Crippen LogP contribution >= 0.6 is 0 Å². The molecular formula is C15H24N2O2. The molecule has 0 saturated carbocycles. The summed E-state index contributed by atoms with van der Waals surface area (Å²) in [6.45, 7) is 4.67. The van der Waals surface area contributed by atoms with Crippen molar-refractivity contribution in [1.29, 1.82) is 0 Å². The Bertz CT molecular complexity index is 405. The van der Waals surface area contributed by atoms with Crippen LogP contribution < -0.4 is 11.1 Å². The average molecular weight is 264 g/mol. The zero-order valence-electron chi connectivity index (χ0n) is 12.0. The predicted octanol–water partition coefficient (Wildman–Crippen LogP) is 2.19. The van der Waals surface area contributed by atoms with Crippen molar-refractivity contribution >= 4 is 11.6 Å². The number of rotatable bonds is 7. The van der Waals surface area contributed by atoms with Gasteiger partial charge in [0, 0.05) is 25.3 Å². The van der Waals surface area contributed by atoms with E-state index in [1.807, 2.05) is 38.1 Å². The molecule has 0 radical (unpaired) electrons. The van der Waals surface area contributed by atoms with Crippen LogP contribution in [0.2, 0.25) is 0 Å². The summed E-state index contributed by atoms with van der Waals surface area (Å²) < 4.78 is 5.07. The molecule has 1 rings (SSSR count). The number of carbonyl (C=O) groups excluding carboxylic acids is 1. The molecule has 4 nitrogen and oxygen atoms in total. The van der Waals surface area contributed by atoms with Crippen molar-refractivity contribution in [2.75, 3.05) is 19.0 Å². The minimum Gasteiger partial charge on any atom is -0.384 e. The molecular weight excluding hydrogens is 240 g/mol. The second kappa shape index (κ2) is 7.92. The molecule has 1 aromatic carbocycles. The lowest BCUT2D eigenvalue weighted by atomic mass is 10.0. The highest BCUT2D eigenvalue weighted by molar-refractivity contribution is 5.91. The molecule has 0 saturated heterocycles. The summed E-state index contributed by atoms with van der Waals surface area (Å²) in [4.78, 5) is 11.9. The average Bonchev–Trinajstić information content (AvgIpc) is 2.37. The Morgan fingerprint density at radius 2 is 2.05 bits per heavy atom. The molecule has 0 bridgehead atoms. The molecule has 0 aliphatic carbocycles. The van der Waals surface area contributed by atoms with Gasteiger partial charge >= 0.3 is 0 Å². The fourth-order valence-electron chi connectivity index (χ4n) is 1.72. The Kier molecular flexibility index (Phi) is 6.53. The first kappa shape index (κ1) is 15.7. The predicted molar refractivity (Wildman–Crippen MR) is 78.1 cm³/mol. The quantitative estimate of drug-likeness (QED) is 0.793. The van der Waals surface area contributed by atoms with Gasteiger partial charge in [-0.2, -0.15) is 0 Å². The molecule has 0 aromatic heterocycles. The van der Waals surface area contributed by atoms with Gasteiger partial charge in [0.2, 0.25) is 5.91 Å². The number of hydrogen-bond acceptors (Lipinski definition) is 3. The maximum absolute atomic E-state index is 11.9. The molecule has 1 amide bonds. The lowest BCUT2D eigenvalue weighted by molar-refractivity contribution is -0.116. The van der Waals surface area contributed by atoms with Crippen molar-refractivity contribution in [1.82, 2.24) is 0 Å². The molecule has 19 heavy (non-hydrogen) atoms. The highest BCUT2D eigenvalue weighted by Crippen LogP contribution is 2.16. The Labute approximate surface area is 115 Å². The molecule has 106 valence electrons. The van der Waals surface area contributed by atoms with Gasteiger partial charge < -0.3 is 15.8 Å². The van der Waals surface area contributed by atoms with E-state index in [4.69, 9.17) is 10.5 Å². The van der Waals surface area contributed by atoms with E-state index in [1.54, 1.807) is 7.11 Å². The number of methoxy groups -OCH3 is 1. The van der Waals surface area contributed by atoms with Crippen molar-refractivity contribution in [2.45, 2.75) is 32.7 Å². The summed E-state index contributed by atoms with van der Waals surface area (Å²) in [5, 5.41) is 2.93. The Balaban J connectivity index is 2.63. The number of nitrogens with two attached hydrogens (primary N) is 1. The van der Waals surface area contributed by atoms with Crippen molar-refractivity contribution in [2.24, 2.45) is 11.7 Å². The molecule has 1 aromatic rings. The van der Waals surface area contributed by atoms with Crippen LogP contribution in [0.25, 0.3) is 0 Å². The summed E-state index contributed by atoms with van der Waals surface area (Å²) in [5.41, 5.74) is 7.84. The van der Waals surface area contributed by atoms with E-state index >= 15 is 0 Å². The fourth-order valence-corrected chi connectivity index (χ4v) is 1.72. The third-order valence-corrected chi connectivity index (χ3v) is 3.14. The summed E-state index contributed by atoms with van der Waals surface area (Å²) in [7, 11) is 1.67. The van der Waals surface area contributed by atoms with Crippen molar-refractivity contribution < 1.29 is 9.53 Å². The van der Waals surface area contributed by atoms with Gasteiger partial charge in [-0.3, -0.25) is 4.79 Å². The minimum atomic E-state index is -0.105. The first-order chi connectivity index (χ1) is 9.04. The lowest BCUT2D eigenvalue weighted by Crippen LogP contribution is -2.31. The van der Waals surface area contributed by atoms with Crippen molar-refractivity contribution in [3.63, 3.8) is 0 Å². The maximum atomic E-state index is 11.9. The fraction of sp³-hybridized carbons (Fsp3) is 0.533. The van der Waals surface area contributed by atoms with Crippen LogP contribution in [0, 0.1) is 5.92 Å². The van der Waals surface area contributed by atoms with E-state index in [2.05, 4.69) is 5.32 Å². The molecule has 4 heteroatoms. The highest BCUT2D eigenvalue weighted by atomic mass is 16.5. The zero-order chi connectivity index (χ0) is 14.3. The van der Waals surface area contributed by atoms with E-state index in [0.717, 1.165) is 17.7 Å². The van der Waals surface area contributed by atoms with Crippen LogP contribution in [0.5, 0.6) is 0 Å². The molecule has 0 fully saturated rings. The first-order valence-electron chi connectivity index (χ1n) is 6.67. The number of amides is 1. The van der Waals surface area contributed by atoms with Crippen LogP contribution in [0.3, 0.4) is 0 Å². The summed E-state index contributed by atoms with van der Waals surface area (Å²) >= 11 is 0. The third kappa shape index (κ3) is 5.41. The Hall–Kier alpha value is -1.39. The third-order valence-electron chi connectivity index (χ3n) is 3.14. The molecule has 1 atom stereocenters. The Morgan fingerprint density at radius 3 is 2.68 bits per heavy atom. The van der Waals surface area contributed by atoms with E-state index in [-0.39, 0.29) is 11.9 Å². The molecule has 0 aliphatic heterocycles. The van der Waals surface area contributed by atoms with Gasteiger partial charge in [-0.15, -0.1) is 0 Å². The molecule has 1 unspecified atom stereocenters. The summed E-state index contributed by atoms with van der Waals surface area (Å²) in [6.07, 6.45) is 1.12. The van der Waals surface area contributed by atoms with E-state index in [1.165, 1.54) is 0 Å². The van der Waals surface area contributed by atoms with E-state index in [9.17, 15) is 4.79 Å². The SMILES string of the molecule is COCCc1ccccc1NC(=O)CC(N)C(C)C. The monoisotopic (exact) mass is 264 g/mol. The molecule has 0 aliphatic rings. The highest BCUT2D eigenvalue weighted by Gasteiger charge is 2.14. The standard InChI is InChI=1S/C15H24N2O2/c1-11(2)13(16)10-15(18)17-14-7-5-4-6-12(14)8-9-19-3/h4-7,11,13H,8-10,16H2,1-3H3,(H,17,18). The number of carbonyl (C=O) groups is 1. The largest absolute Gasteiger partial charge is 0.384 e. The van der Waals surface area contributed by atoms with Gasteiger partial charge in [0.15, 0.2) is 0 Å². The molecule has 0 heterocycles. The number of hydrogen-bond donors (Lipinski definition) is 2. The van der Waals surface area contributed by atoms with Crippen LogP contribution in [0.4, 0.5) is 5.69 Å². The van der Waals surface area contributed by atoms with Gasteiger partial charge in [-0.1, -0.05) is 32.0 Å². The number of anilines is 1. The van der Waals surface area contributed by atoms with Crippen molar-refractivity contribution in [3.05, 3.63) is 29.8 Å². The van der Waals surface area contributed by atoms with E-state index < -0.39 is 0 Å². The second-order valence-electron chi connectivity index (χ2n) is 5.06. The Morgan fingerprint density at radius 1 is 1.37 bits per heavy atom. The van der Waals surface area contributed by atoms with Gasteiger partial charge in [0.05, 0.1) is 6.61 Å². The number of benzene rings is 1. The minimum absolute atomic E-state index is 0.0360. The number of para-hydroxylation sites is 1. The second-order valence-corrected chi connectivity index (χ2v) is 5.06. The summed E-state index contributed by atoms with van der Waals surface area (Å²) in [5.74, 6) is 0.264. The van der Waals surface area contributed by atoms with Crippen LogP contribution in [0.15, 0.2) is 24.3 Å². The molecule has 3 N–H and O–H groups in total. The normalized spacial score (nSPS) is 12.5. The summed E-state index contributed by atoms with van der Waals surface area (Å²) in [6, 6.07) is 7.67. The lowest BCUT2D eigenvalue weighted by Gasteiger charge is -2.16. The number of nitrogens with one attached hydrogen (secondary N) is 1. The van der Waals surface area contributed by atoms with E-state index in [0.29, 0.717) is 18.9 Å². The van der Waals surface area contributed by atoms with Crippen LogP contribution in [0.1, 0.15) is 25.8 Å². The number of ether oxygens (including phenoxy) is 1. The van der Waals surface area contributed by atoms with Gasteiger partial charge in [-0.05, 0) is 24.0 Å². The maximum Gasteiger partial charge on any atom is 0.225 e. The van der Waals surface area contributed by atoms with Gasteiger partial charge in [0.1, 0.15) is 0 Å². The van der Waals surface area contributed by atoms with Gasteiger partial charge in [0.25, 0.3) is 0 Å². The van der Waals surface area contributed by atoms with Gasteiger partial charge in [-0.25, -0.2) is 0 Å².